The molecule has 0 saturated carbocycles. The molecule has 1 N–H and O–H groups in total. The van der Waals surface area contributed by atoms with Gasteiger partial charge in [-0.05, 0) is 38.7 Å². The number of thioether (sulfide) groups is 1. The third kappa shape index (κ3) is 4.14. The zero-order chi connectivity index (χ0) is 18.1. The quantitative estimate of drug-likeness (QED) is 0.797. The summed E-state index contributed by atoms with van der Waals surface area (Å²) in [5, 5.41) is 2.65. The molecule has 132 valence electrons. The van der Waals surface area contributed by atoms with Crippen molar-refractivity contribution in [3.8, 4) is 0 Å². The third-order valence-electron chi connectivity index (χ3n) is 2.79. The highest BCUT2D eigenvalue weighted by atomic mass is 32.2. The van der Waals surface area contributed by atoms with E-state index in [2.05, 4.69) is 10.3 Å². The number of ether oxygens (including phenoxy) is 1. The maximum atomic E-state index is 13.3. The molecular formula is C15H18F3N3O2S. The summed E-state index contributed by atoms with van der Waals surface area (Å²) in [4.78, 5) is 16.0. The molecule has 0 radical (unpaired) electrons. The zero-order valence-electron chi connectivity index (χ0n) is 13.7. The van der Waals surface area contributed by atoms with Gasteiger partial charge in [-0.1, -0.05) is 13.0 Å². The van der Waals surface area contributed by atoms with E-state index in [-0.39, 0.29) is 16.5 Å². The highest BCUT2D eigenvalue weighted by Crippen LogP contribution is 2.36. The van der Waals surface area contributed by atoms with Crippen LogP contribution < -0.4 is 5.32 Å². The van der Waals surface area contributed by atoms with Crippen LogP contribution in [0.15, 0.2) is 23.2 Å². The van der Waals surface area contributed by atoms with E-state index in [1.165, 1.54) is 12.1 Å². The van der Waals surface area contributed by atoms with E-state index in [9.17, 15) is 18.0 Å². The van der Waals surface area contributed by atoms with Gasteiger partial charge in [0.2, 0.25) is 0 Å². The van der Waals surface area contributed by atoms with Gasteiger partial charge in [-0.2, -0.15) is 13.2 Å². The Labute approximate surface area is 141 Å². The van der Waals surface area contributed by atoms with Crippen LogP contribution in [-0.2, 0) is 10.9 Å². The first-order chi connectivity index (χ1) is 11.0. The summed E-state index contributed by atoms with van der Waals surface area (Å²) in [6, 6.07) is 3.71. The number of rotatable bonds is 3. The number of aromatic nitrogens is 2. The van der Waals surface area contributed by atoms with Crippen molar-refractivity contribution in [2.45, 2.75) is 44.5 Å². The fourth-order valence-corrected chi connectivity index (χ4v) is 2.87. The molecule has 2 aromatic rings. The Balaban J connectivity index is 2.51. The van der Waals surface area contributed by atoms with Gasteiger partial charge in [0.05, 0.1) is 0 Å². The Morgan fingerprint density at radius 3 is 2.54 bits per heavy atom. The van der Waals surface area contributed by atoms with Gasteiger partial charge in [0.1, 0.15) is 22.0 Å². The van der Waals surface area contributed by atoms with E-state index in [1.807, 2.05) is 0 Å². The first kappa shape index (κ1) is 18.4. The predicted octanol–water partition coefficient (Wildman–Crippen LogP) is 4.81. The number of alkyl halides is 3. The molecule has 0 aliphatic rings. The third-order valence-corrected chi connectivity index (χ3v) is 3.73. The van der Waals surface area contributed by atoms with Crippen molar-refractivity contribution >= 4 is 29.3 Å². The lowest BCUT2D eigenvalue weighted by atomic mass is 10.2. The van der Waals surface area contributed by atoms with Gasteiger partial charge in [-0.15, -0.1) is 11.8 Å². The molecule has 0 aliphatic carbocycles. The molecule has 0 aliphatic heterocycles. The van der Waals surface area contributed by atoms with E-state index in [0.29, 0.717) is 5.75 Å². The first-order valence-corrected chi connectivity index (χ1v) is 8.23. The number of nitrogens with one attached hydrogen (secondary N) is 1. The predicted molar refractivity (Wildman–Crippen MR) is 86.4 cm³/mol. The second-order valence-corrected chi connectivity index (χ2v) is 7.18. The van der Waals surface area contributed by atoms with Crippen LogP contribution in [0.1, 0.15) is 33.4 Å². The number of hydrogen-bond acceptors (Lipinski definition) is 4. The molecule has 24 heavy (non-hydrogen) atoms. The number of fused-ring (bicyclic) bond motifs is 1. The summed E-state index contributed by atoms with van der Waals surface area (Å²) in [5.74, 6) is 0.566. The molecule has 2 rings (SSSR count). The summed E-state index contributed by atoms with van der Waals surface area (Å²) in [7, 11) is 0. The molecule has 0 aromatic carbocycles. The number of nitrogens with zero attached hydrogens (tertiary/aromatic N) is 2. The molecule has 9 heteroatoms. The number of carbonyl (C=O) groups is 1. The van der Waals surface area contributed by atoms with E-state index >= 15 is 0 Å². The number of carbonyl (C=O) groups excluding carboxylic acids is 1. The molecule has 0 atom stereocenters. The van der Waals surface area contributed by atoms with Crippen molar-refractivity contribution in [1.82, 2.24) is 9.38 Å². The highest BCUT2D eigenvalue weighted by Gasteiger charge is 2.35. The number of anilines is 1. The smallest absolute Gasteiger partial charge is 0.431 e. The van der Waals surface area contributed by atoms with E-state index < -0.39 is 23.6 Å². The average Bonchev–Trinajstić information content (AvgIpc) is 2.73. The van der Waals surface area contributed by atoms with Gasteiger partial charge in [-0.25, -0.2) is 9.78 Å². The van der Waals surface area contributed by atoms with Crippen LogP contribution in [0, 0.1) is 0 Å². The number of pyridine rings is 1. The van der Waals surface area contributed by atoms with E-state index in [0.717, 1.165) is 22.2 Å². The zero-order valence-corrected chi connectivity index (χ0v) is 14.5. The second-order valence-electron chi connectivity index (χ2n) is 5.93. The molecule has 2 aromatic heterocycles. The van der Waals surface area contributed by atoms with Crippen molar-refractivity contribution in [3.63, 3.8) is 0 Å². The molecule has 1 amide bonds. The molecule has 5 nitrogen and oxygen atoms in total. The van der Waals surface area contributed by atoms with Crippen LogP contribution >= 0.6 is 11.8 Å². The summed E-state index contributed by atoms with van der Waals surface area (Å²) in [6.07, 6.45) is -5.30. The standard InChI is InChI=1S/C15H18F3N3O2S/c1-5-24-12-11(20-13(22)23-14(2,3)4)19-10-8-6-7-9(21(10)12)15(16,17)18/h6-8H,5H2,1-4H3,(H,20,22). The van der Waals surface area contributed by atoms with Crippen LogP contribution in [0.4, 0.5) is 23.8 Å². The van der Waals surface area contributed by atoms with Crippen molar-refractivity contribution in [2.24, 2.45) is 0 Å². The first-order valence-electron chi connectivity index (χ1n) is 7.24. The molecule has 0 fully saturated rings. The summed E-state index contributed by atoms with van der Waals surface area (Å²) >= 11 is 1.16. The lowest BCUT2D eigenvalue weighted by Crippen LogP contribution is -2.27. The fourth-order valence-electron chi connectivity index (χ4n) is 2.04. The van der Waals surface area contributed by atoms with Crippen LogP contribution in [-0.4, -0.2) is 26.8 Å². The van der Waals surface area contributed by atoms with Crippen molar-refractivity contribution in [1.29, 1.82) is 0 Å². The van der Waals surface area contributed by atoms with Gasteiger partial charge >= 0.3 is 12.3 Å². The topological polar surface area (TPSA) is 55.6 Å². The fraction of sp³-hybridized carbons (Fsp3) is 0.467. The van der Waals surface area contributed by atoms with Crippen molar-refractivity contribution in [3.05, 3.63) is 23.9 Å². The maximum absolute atomic E-state index is 13.3. The molecular weight excluding hydrogens is 343 g/mol. The molecule has 0 spiro atoms. The van der Waals surface area contributed by atoms with E-state index in [4.69, 9.17) is 4.74 Å². The van der Waals surface area contributed by atoms with E-state index in [1.54, 1.807) is 27.7 Å². The normalized spacial score (nSPS) is 12.5. The lowest BCUT2D eigenvalue weighted by molar-refractivity contribution is -0.142. The van der Waals surface area contributed by atoms with Gasteiger partial charge in [0, 0.05) is 0 Å². The highest BCUT2D eigenvalue weighted by molar-refractivity contribution is 7.99. The maximum Gasteiger partial charge on any atom is 0.431 e. The molecule has 0 bridgehead atoms. The summed E-state index contributed by atoms with van der Waals surface area (Å²) < 4.78 is 45.9. The SMILES string of the molecule is CCSc1c(NC(=O)OC(C)(C)C)nc2cccc(C(F)(F)F)n12. The monoisotopic (exact) mass is 361 g/mol. The minimum absolute atomic E-state index is 0.0489. The minimum Gasteiger partial charge on any atom is -0.444 e. The number of halogens is 3. The number of hydrogen-bond donors (Lipinski definition) is 1. The van der Waals surface area contributed by atoms with Gasteiger partial charge in [0.25, 0.3) is 0 Å². The van der Waals surface area contributed by atoms with Crippen LogP contribution in [0.25, 0.3) is 5.65 Å². The van der Waals surface area contributed by atoms with Gasteiger partial charge < -0.3 is 4.74 Å². The lowest BCUT2D eigenvalue weighted by Gasteiger charge is -2.19. The van der Waals surface area contributed by atoms with Gasteiger partial charge in [-0.3, -0.25) is 9.72 Å². The number of amides is 1. The largest absolute Gasteiger partial charge is 0.444 e. The minimum atomic E-state index is -4.54. The second kappa shape index (κ2) is 6.54. The van der Waals surface area contributed by atoms with Crippen molar-refractivity contribution < 1.29 is 22.7 Å². The molecule has 2 heterocycles. The Morgan fingerprint density at radius 1 is 1.33 bits per heavy atom. The Hall–Kier alpha value is -1.90. The molecule has 0 saturated heterocycles. The Kier molecular flexibility index (Phi) is 5.03. The Bertz CT molecular complexity index is 751. The summed E-state index contributed by atoms with van der Waals surface area (Å²) in [6.45, 7) is 6.89. The average molecular weight is 361 g/mol. The van der Waals surface area contributed by atoms with Gasteiger partial charge in [0.15, 0.2) is 5.82 Å². The Morgan fingerprint density at radius 2 is 2.00 bits per heavy atom. The number of imidazole rings is 1. The van der Waals surface area contributed by atoms with Crippen LogP contribution in [0.2, 0.25) is 0 Å². The molecule has 0 unspecified atom stereocenters. The van der Waals surface area contributed by atoms with Crippen LogP contribution in [0.5, 0.6) is 0 Å². The van der Waals surface area contributed by atoms with Crippen molar-refractivity contribution in [2.75, 3.05) is 11.1 Å². The van der Waals surface area contributed by atoms with Crippen LogP contribution in [0.3, 0.4) is 0 Å². The summed E-state index contributed by atoms with van der Waals surface area (Å²) in [5.41, 5.74) is -1.47.